The Hall–Kier alpha value is -0.910. The molecule has 0 amide bonds. The van der Waals surface area contributed by atoms with Gasteiger partial charge in [-0.25, -0.2) is 0 Å². The molecule has 0 aromatic rings. The Labute approximate surface area is 86.7 Å². The number of carboxylic acid groups (broad SMARTS) is 1. The number of carboxylic acids is 1. The Morgan fingerprint density at radius 2 is 2.00 bits per heavy atom. The molecule has 2 unspecified atom stereocenters. The number of esters is 1. The summed E-state index contributed by atoms with van der Waals surface area (Å²) in [4.78, 5) is 30.2. The summed E-state index contributed by atoms with van der Waals surface area (Å²) in [5, 5.41) is 8.49. The van der Waals surface area contributed by atoms with E-state index in [1.807, 2.05) is 0 Å². The average molecular weight is 239 g/mol. The maximum Gasteiger partial charge on any atom is 0.320 e. The third-order valence-corrected chi connectivity index (χ3v) is 2.99. The van der Waals surface area contributed by atoms with Gasteiger partial charge in [-0.15, -0.1) is 0 Å². The van der Waals surface area contributed by atoms with Crippen molar-refractivity contribution in [2.45, 2.75) is 25.2 Å². The second kappa shape index (κ2) is 5.25. The molecule has 4 N–H and O–H groups in total. The van der Waals surface area contributed by atoms with Crippen LogP contribution in [0, 0.1) is 0 Å². The number of carbonyl (C=O) groups excluding carboxylic acids is 1. The van der Waals surface area contributed by atoms with Crippen molar-refractivity contribution in [1.82, 2.24) is 0 Å². The molecule has 0 aliphatic carbocycles. The molecule has 0 radical (unpaired) electrons. The minimum atomic E-state index is -3.71. The lowest BCUT2D eigenvalue weighted by molar-refractivity contribution is -0.146. The zero-order valence-electron chi connectivity index (χ0n) is 8.41. The lowest BCUT2D eigenvalue weighted by atomic mass is 10.2. The van der Waals surface area contributed by atoms with Gasteiger partial charge < -0.3 is 20.5 Å². The van der Waals surface area contributed by atoms with Gasteiger partial charge in [-0.3, -0.25) is 14.2 Å². The Morgan fingerprint density at radius 3 is 2.27 bits per heavy atom. The Bertz CT molecular complexity index is 298. The van der Waals surface area contributed by atoms with E-state index < -0.39 is 31.2 Å². The van der Waals surface area contributed by atoms with Crippen molar-refractivity contribution in [1.29, 1.82) is 0 Å². The Morgan fingerprint density at radius 1 is 1.53 bits per heavy atom. The fourth-order valence-electron chi connectivity index (χ4n) is 0.851. The summed E-state index contributed by atoms with van der Waals surface area (Å²) >= 11 is 0. The number of nitrogens with two attached hydrogens (primary N) is 1. The number of carbonyl (C=O) groups is 2. The topological polar surface area (TPSA) is 127 Å². The van der Waals surface area contributed by atoms with E-state index in [1.165, 1.54) is 0 Å². The van der Waals surface area contributed by atoms with Crippen molar-refractivity contribution < 1.29 is 28.9 Å². The predicted octanol–water partition coefficient (Wildman–Crippen LogP) is -0.422. The third kappa shape index (κ3) is 5.51. The molecule has 0 bridgehead atoms. The van der Waals surface area contributed by atoms with E-state index in [4.69, 9.17) is 10.8 Å². The summed E-state index contributed by atoms with van der Waals surface area (Å²) in [6.45, 7) is 2.05. The third-order valence-electron chi connectivity index (χ3n) is 1.61. The zero-order chi connectivity index (χ0) is 12.2. The second-order valence-electron chi connectivity index (χ2n) is 3.19. The lowest BCUT2D eigenvalue weighted by Gasteiger charge is -2.21. The van der Waals surface area contributed by atoms with E-state index in [9.17, 15) is 19.0 Å². The summed E-state index contributed by atoms with van der Waals surface area (Å²) in [6.07, 6.45) is -0.390. The first-order valence-corrected chi connectivity index (χ1v) is 6.27. The molecule has 3 atom stereocenters. The van der Waals surface area contributed by atoms with Gasteiger partial charge in [0.05, 0.1) is 0 Å². The highest BCUT2D eigenvalue weighted by Gasteiger charge is 2.32. The van der Waals surface area contributed by atoms with Gasteiger partial charge in [0.1, 0.15) is 6.04 Å². The maximum atomic E-state index is 11.2. The number of ether oxygens (including phenoxy) is 1. The summed E-state index contributed by atoms with van der Waals surface area (Å²) < 4.78 is 15.8. The molecule has 8 heteroatoms. The summed E-state index contributed by atoms with van der Waals surface area (Å²) in [7, 11) is -3.71. The number of hydrogen-bond acceptors (Lipinski definition) is 5. The molecule has 0 rings (SSSR count). The van der Waals surface area contributed by atoms with Crippen LogP contribution in [0.4, 0.5) is 0 Å². The van der Waals surface area contributed by atoms with Crippen LogP contribution in [0.2, 0.25) is 0 Å². The Balaban J connectivity index is 4.59. The Kier molecular flexibility index (Phi) is 4.93. The molecule has 0 aromatic carbocycles. The van der Waals surface area contributed by atoms with E-state index >= 15 is 0 Å². The molecule has 0 saturated heterocycles. The average Bonchev–Trinajstić information content (AvgIpc) is 2.00. The first kappa shape index (κ1) is 14.1. The molecule has 0 aromatic heterocycles. The largest absolute Gasteiger partial charge is 0.480 e. The van der Waals surface area contributed by atoms with E-state index in [0.29, 0.717) is 0 Å². The predicted molar refractivity (Wildman–Crippen MR) is 51.5 cm³/mol. The van der Waals surface area contributed by atoms with E-state index in [-0.39, 0.29) is 6.42 Å². The van der Waals surface area contributed by atoms with Crippen LogP contribution >= 0.6 is 7.37 Å². The first-order chi connectivity index (χ1) is 6.64. The summed E-state index contributed by atoms with van der Waals surface area (Å²) in [6, 6.07) is -1.34. The van der Waals surface area contributed by atoms with Gasteiger partial charge >= 0.3 is 11.9 Å². The highest BCUT2D eigenvalue weighted by atomic mass is 31.2. The standard InChI is InChI=1S/C7H14NO6P/c1-4(9)14-6(15(2,12)13)3-5(8)7(10)11/h5-6H,3,8H2,1-2H3,(H,10,11)(H,12,13)/t5-,6?/m0/s1. The maximum absolute atomic E-state index is 11.2. The van der Waals surface area contributed by atoms with Crippen molar-refractivity contribution in [3.8, 4) is 0 Å². The van der Waals surface area contributed by atoms with Crippen LogP contribution in [0.3, 0.4) is 0 Å². The molecule has 15 heavy (non-hydrogen) atoms. The van der Waals surface area contributed by atoms with Crippen LogP contribution in [0.15, 0.2) is 0 Å². The van der Waals surface area contributed by atoms with E-state index in [0.717, 1.165) is 13.6 Å². The van der Waals surface area contributed by atoms with Crippen LogP contribution in [0.25, 0.3) is 0 Å². The smallest absolute Gasteiger partial charge is 0.320 e. The monoisotopic (exact) mass is 239 g/mol. The SMILES string of the molecule is CC(=O)OC(C[C@H](N)C(=O)O)P(C)(=O)O. The quantitative estimate of drug-likeness (QED) is 0.439. The second-order valence-corrected chi connectivity index (χ2v) is 5.65. The molecule has 0 heterocycles. The van der Waals surface area contributed by atoms with E-state index in [1.54, 1.807) is 0 Å². The summed E-state index contributed by atoms with van der Waals surface area (Å²) in [5.41, 5.74) is 5.17. The molecule has 88 valence electrons. The highest BCUT2D eigenvalue weighted by molar-refractivity contribution is 7.57. The molecule has 0 fully saturated rings. The van der Waals surface area contributed by atoms with E-state index in [2.05, 4.69) is 4.74 Å². The van der Waals surface area contributed by atoms with Gasteiger partial charge in [0.2, 0.25) is 7.37 Å². The van der Waals surface area contributed by atoms with Crippen molar-refractivity contribution in [2.75, 3.05) is 6.66 Å². The molecule has 7 nitrogen and oxygen atoms in total. The van der Waals surface area contributed by atoms with Gasteiger partial charge in [-0.05, 0) is 0 Å². The van der Waals surface area contributed by atoms with Crippen LogP contribution < -0.4 is 5.73 Å². The fourth-order valence-corrected chi connectivity index (χ4v) is 1.81. The fraction of sp³-hybridized carbons (Fsp3) is 0.714. The molecule has 0 saturated carbocycles. The number of aliphatic carboxylic acids is 1. The molecular weight excluding hydrogens is 225 g/mol. The highest BCUT2D eigenvalue weighted by Crippen LogP contribution is 2.44. The van der Waals surface area contributed by atoms with Gasteiger partial charge in [0.15, 0.2) is 5.85 Å². The van der Waals surface area contributed by atoms with Gasteiger partial charge in [0.25, 0.3) is 0 Å². The van der Waals surface area contributed by atoms with Crippen LogP contribution in [0.5, 0.6) is 0 Å². The van der Waals surface area contributed by atoms with Crippen LogP contribution in [0.1, 0.15) is 13.3 Å². The molecular formula is C7H14NO6P. The van der Waals surface area contributed by atoms with Gasteiger partial charge in [0, 0.05) is 20.0 Å². The van der Waals surface area contributed by atoms with Crippen molar-refractivity contribution in [2.24, 2.45) is 5.73 Å². The van der Waals surface area contributed by atoms with Crippen molar-refractivity contribution in [3.05, 3.63) is 0 Å². The van der Waals surface area contributed by atoms with Crippen molar-refractivity contribution >= 4 is 19.3 Å². The number of hydrogen-bond donors (Lipinski definition) is 3. The zero-order valence-corrected chi connectivity index (χ0v) is 9.31. The van der Waals surface area contributed by atoms with Crippen LogP contribution in [-0.2, 0) is 18.9 Å². The minimum absolute atomic E-state index is 0.390. The first-order valence-electron chi connectivity index (χ1n) is 4.10. The van der Waals surface area contributed by atoms with Crippen molar-refractivity contribution in [3.63, 3.8) is 0 Å². The molecule has 0 spiro atoms. The normalized spacial score (nSPS) is 18.7. The number of rotatable bonds is 5. The van der Waals surface area contributed by atoms with Gasteiger partial charge in [-0.2, -0.15) is 0 Å². The van der Waals surface area contributed by atoms with Crippen LogP contribution in [-0.4, -0.2) is 40.5 Å². The van der Waals surface area contributed by atoms with Gasteiger partial charge in [-0.1, -0.05) is 0 Å². The lowest BCUT2D eigenvalue weighted by Crippen LogP contribution is -2.35. The molecule has 0 aliphatic heterocycles. The molecule has 0 aliphatic rings. The summed E-state index contributed by atoms with van der Waals surface area (Å²) in [5.74, 6) is -3.45. The minimum Gasteiger partial charge on any atom is -0.480 e.